The first kappa shape index (κ1) is 15.7. The highest BCUT2D eigenvalue weighted by atomic mass is 16.5. The van der Waals surface area contributed by atoms with Gasteiger partial charge in [-0.2, -0.15) is 0 Å². The number of methoxy groups -OCH3 is 2. The molecule has 0 saturated carbocycles. The lowest BCUT2D eigenvalue weighted by molar-refractivity contribution is 0.152. The van der Waals surface area contributed by atoms with Crippen molar-refractivity contribution in [3.05, 3.63) is 23.3 Å². The molecule has 1 N–H and O–H groups in total. The molecule has 0 atom stereocenters. The minimum Gasteiger partial charge on any atom is -0.493 e. The van der Waals surface area contributed by atoms with E-state index in [9.17, 15) is 4.79 Å². The van der Waals surface area contributed by atoms with Crippen LogP contribution in [0.4, 0.5) is 4.79 Å². The third-order valence-electron chi connectivity index (χ3n) is 2.70. The zero-order valence-electron chi connectivity index (χ0n) is 12.0. The maximum absolute atomic E-state index is 11.2. The number of terminal acetylenes is 1. The van der Waals surface area contributed by atoms with Crippen molar-refractivity contribution in [3.8, 4) is 23.8 Å². The van der Waals surface area contributed by atoms with E-state index < -0.39 is 6.09 Å². The molecular formula is C15H19NO4. The van der Waals surface area contributed by atoms with E-state index in [2.05, 4.69) is 11.2 Å². The number of ether oxygens (including phenoxy) is 3. The molecule has 1 aromatic carbocycles. The molecule has 0 bridgehead atoms. The Morgan fingerprint density at radius 3 is 2.50 bits per heavy atom. The molecule has 1 amide bonds. The number of carbonyl (C=O) groups is 1. The Morgan fingerprint density at radius 2 is 1.95 bits per heavy atom. The maximum atomic E-state index is 11.2. The second-order valence-electron chi connectivity index (χ2n) is 3.91. The van der Waals surface area contributed by atoms with Crippen LogP contribution in [-0.4, -0.2) is 33.5 Å². The lowest BCUT2D eigenvalue weighted by Gasteiger charge is -2.12. The average Bonchev–Trinajstić information content (AvgIpc) is 2.46. The number of benzene rings is 1. The first-order chi connectivity index (χ1) is 9.65. The molecule has 108 valence electrons. The summed E-state index contributed by atoms with van der Waals surface area (Å²) in [6, 6.07) is 3.57. The van der Waals surface area contributed by atoms with Crippen LogP contribution in [0, 0.1) is 12.3 Å². The highest BCUT2D eigenvalue weighted by Crippen LogP contribution is 2.30. The molecule has 0 aromatic heterocycles. The van der Waals surface area contributed by atoms with Crippen molar-refractivity contribution >= 4 is 6.09 Å². The molecule has 0 aliphatic rings. The highest BCUT2D eigenvalue weighted by Gasteiger charge is 2.10. The maximum Gasteiger partial charge on any atom is 0.407 e. The van der Waals surface area contributed by atoms with E-state index in [0.29, 0.717) is 36.6 Å². The van der Waals surface area contributed by atoms with Crippen molar-refractivity contribution in [2.24, 2.45) is 0 Å². The van der Waals surface area contributed by atoms with E-state index in [1.165, 1.54) is 0 Å². The molecule has 0 fully saturated rings. The smallest absolute Gasteiger partial charge is 0.407 e. The summed E-state index contributed by atoms with van der Waals surface area (Å²) < 4.78 is 15.2. The molecule has 20 heavy (non-hydrogen) atoms. The van der Waals surface area contributed by atoms with E-state index in [1.807, 2.05) is 6.07 Å². The minimum absolute atomic E-state index is 0.345. The molecule has 0 aliphatic heterocycles. The number of nitrogens with one attached hydrogen (secondary N) is 1. The Hall–Kier alpha value is -2.35. The zero-order chi connectivity index (χ0) is 15.0. The van der Waals surface area contributed by atoms with Gasteiger partial charge in [-0.3, -0.25) is 0 Å². The van der Waals surface area contributed by atoms with Crippen LogP contribution >= 0.6 is 0 Å². The second-order valence-corrected chi connectivity index (χ2v) is 3.91. The normalized spacial score (nSPS) is 9.50. The van der Waals surface area contributed by atoms with Crippen molar-refractivity contribution in [2.45, 2.75) is 13.3 Å². The van der Waals surface area contributed by atoms with Gasteiger partial charge in [0.15, 0.2) is 11.5 Å². The first-order valence-corrected chi connectivity index (χ1v) is 6.28. The fraction of sp³-hybridized carbons (Fsp3) is 0.400. The quantitative estimate of drug-likeness (QED) is 0.808. The van der Waals surface area contributed by atoms with Gasteiger partial charge in [-0.1, -0.05) is 5.92 Å². The van der Waals surface area contributed by atoms with Crippen LogP contribution in [0.2, 0.25) is 0 Å². The summed E-state index contributed by atoms with van der Waals surface area (Å²) in [5, 5.41) is 2.65. The zero-order valence-corrected chi connectivity index (χ0v) is 12.0. The molecule has 0 unspecified atom stereocenters. The second kappa shape index (κ2) is 7.95. The van der Waals surface area contributed by atoms with Gasteiger partial charge in [0, 0.05) is 12.1 Å². The summed E-state index contributed by atoms with van der Waals surface area (Å²) >= 11 is 0. The third-order valence-corrected chi connectivity index (χ3v) is 2.70. The topological polar surface area (TPSA) is 56.8 Å². The van der Waals surface area contributed by atoms with E-state index in [-0.39, 0.29) is 0 Å². The van der Waals surface area contributed by atoms with Gasteiger partial charge in [0.1, 0.15) is 0 Å². The van der Waals surface area contributed by atoms with Gasteiger partial charge in [0.2, 0.25) is 0 Å². The van der Waals surface area contributed by atoms with Crippen LogP contribution in [0.5, 0.6) is 11.5 Å². The Morgan fingerprint density at radius 1 is 1.30 bits per heavy atom. The number of rotatable bonds is 6. The predicted octanol–water partition coefficient (Wildman–Crippen LogP) is 1.97. The Kier molecular flexibility index (Phi) is 6.24. The summed E-state index contributed by atoms with van der Waals surface area (Å²) in [5.74, 6) is 3.80. The molecule has 0 spiro atoms. The molecule has 0 aliphatic carbocycles. The Labute approximate surface area is 119 Å². The largest absolute Gasteiger partial charge is 0.493 e. The van der Waals surface area contributed by atoms with Gasteiger partial charge in [-0.05, 0) is 31.0 Å². The molecule has 0 heterocycles. The molecular weight excluding hydrogens is 258 g/mol. The van der Waals surface area contributed by atoms with Crippen molar-refractivity contribution in [3.63, 3.8) is 0 Å². The highest BCUT2D eigenvalue weighted by molar-refractivity contribution is 5.67. The van der Waals surface area contributed by atoms with E-state index in [4.69, 9.17) is 20.6 Å². The van der Waals surface area contributed by atoms with Crippen molar-refractivity contribution in [1.29, 1.82) is 0 Å². The Bertz CT molecular complexity index is 505. The summed E-state index contributed by atoms with van der Waals surface area (Å²) in [6.45, 7) is 2.53. The Balaban J connectivity index is 2.79. The van der Waals surface area contributed by atoms with Crippen LogP contribution in [0.15, 0.2) is 12.1 Å². The van der Waals surface area contributed by atoms with Crippen molar-refractivity contribution < 1.29 is 19.0 Å². The standard InChI is InChI=1S/C15H19NO4/c1-5-11-9-13(18-3)14(19-4)10-12(11)7-8-16-15(17)20-6-2/h1,9-10H,6-8H2,2-4H3,(H,16,17). The summed E-state index contributed by atoms with van der Waals surface area (Å²) in [7, 11) is 3.12. The summed E-state index contributed by atoms with van der Waals surface area (Å²) in [5.41, 5.74) is 1.62. The van der Waals surface area contributed by atoms with Gasteiger partial charge in [-0.25, -0.2) is 4.79 Å². The average molecular weight is 277 g/mol. The minimum atomic E-state index is -0.435. The van der Waals surface area contributed by atoms with Crippen LogP contribution in [0.3, 0.4) is 0 Å². The fourth-order valence-corrected chi connectivity index (χ4v) is 1.74. The third kappa shape index (κ3) is 4.09. The van der Waals surface area contributed by atoms with Gasteiger partial charge in [-0.15, -0.1) is 6.42 Å². The number of alkyl carbamates (subject to hydrolysis) is 1. The number of amides is 1. The number of hydrogen-bond acceptors (Lipinski definition) is 4. The van der Waals surface area contributed by atoms with Crippen LogP contribution in [0.25, 0.3) is 0 Å². The first-order valence-electron chi connectivity index (χ1n) is 6.28. The van der Waals surface area contributed by atoms with Crippen LogP contribution in [-0.2, 0) is 11.2 Å². The summed E-state index contributed by atoms with van der Waals surface area (Å²) in [4.78, 5) is 11.2. The number of hydrogen-bond donors (Lipinski definition) is 1. The molecule has 0 saturated heterocycles. The van der Waals surface area contributed by atoms with Crippen molar-refractivity contribution in [2.75, 3.05) is 27.4 Å². The van der Waals surface area contributed by atoms with Gasteiger partial charge < -0.3 is 19.5 Å². The monoisotopic (exact) mass is 277 g/mol. The lowest BCUT2D eigenvalue weighted by Crippen LogP contribution is -2.26. The SMILES string of the molecule is C#Cc1cc(OC)c(OC)cc1CCNC(=O)OCC. The molecule has 1 aromatic rings. The van der Waals surface area contributed by atoms with Gasteiger partial charge in [0.25, 0.3) is 0 Å². The molecule has 0 radical (unpaired) electrons. The summed E-state index contributed by atoms with van der Waals surface area (Å²) in [6.07, 6.45) is 5.63. The van der Waals surface area contributed by atoms with E-state index in [0.717, 1.165) is 5.56 Å². The molecule has 5 heteroatoms. The molecule has 1 rings (SSSR count). The number of carbonyl (C=O) groups excluding carboxylic acids is 1. The molecule has 5 nitrogen and oxygen atoms in total. The van der Waals surface area contributed by atoms with Crippen LogP contribution < -0.4 is 14.8 Å². The van der Waals surface area contributed by atoms with E-state index in [1.54, 1.807) is 27.2 Å². The van der Waals surface area contributed by atoms with Gasteiger partial charge >= 0.3 is 6.09 Å². The van der Waals surface area contributed by atoms with E-state index >= 15 is 0 Å². The van der Waals surface area contributed by atoms with Crippen LogP contribution in [0.1, 0.15) is 18.1 Å². The fourth-order valence-electron chi connectivity index (χ4n) is 1.74. The van der Waals surface area contributed by atoms with Crippen molar-refractivity contribution in [1.82, 2.24) is 5.32 Å². The van der Waals surface area contributed by atoms with Gasteiger partial charge in [0.05, 0.1) is 20.8 Å². The lowest BCUT2D eigenvalue weighted by atomic mass is 10.0. The predicted molar refractivity (Wildman–Crippen MR) is 76.2 cm³/mol.